The predicted octanol–water partition coefficient (Wildman–Crippen LogP) is 4.63. The van der Waals surface area contributed by atoms with E-state index in [4.69, 9.17) is 0 Å². The summed E-state index contributed by atoms with van der Waals surface area (Å²) in [4.78, 5) is 0. The molecule has 0 aliphatic heterocycles. The first-order chi connectivity index (χ1) is 9.24. The van der Waals surface area contributed by atoms with Gasteiger partial charge in [-0.25, -0.2) is 0 Å². The maximum absolute atomic E-state index is 2.29. The molecule has 0 heterocycles. The van der Waals surface area contributed by atoms with Crippen molar-refractivity contribution >= 4 is 21.1 Å². The molecule has 0 unspecified atom stereocenters. The van der Waals surface area contributed by atoms with Crippen molar-refractivity contribution in [2.45, 2.75) is 35.6 Å². The van der Waals surface area contributed by atoms with Crippen molar-refractivity contribution in [2.75, 3.05) is 0 Å². The van der Waals surface area contributed by atoms with Gasteiger partial charge < -0.3 is 0 Å². The zero-order valence-corrected chi connectivity index (χ0v) is 14.8. The number of rotatable bonds is 6. The van der Waals surface area contributed by atoms with E-state index in [2.05, 4.69) is 62.4 Å². The average molecular weight is 357 g/mol. The van der Waals surface area contributed by atoms with Gasteiger partial charge in [0.25, 0.3) is 0 Å². The van der Waals surface area contributed by atoms with Crippen LogP contribution < -0.4 is 0 Å². The van der Waals surface area contributed by atoms with E-state index in [1.54, 1.807) is 0 Å². The fourth-order valence-corrected chi connectivity index (χ4v) is 5.47. The van der Waals surface area contributed by atoms with Gasteiger partial charge in [0.2, 0.25) is 0 Å². The molecule has 0 saturated heterocycles. The molecule has 2 aromatic rings. The molecule has 0 N–H and O–H groups in total. The van der Waals surface area contributed by atoms with E-state index in [-0.39, 0.29) is 21.1 Å². The summed E-state index contributed by atoms with van der Waals surface area (Å²) in [6.07, 6.45) is 2.58. The first-order valence-corrected chi connectivity index (χ1v) is 11.1. The SMILES string of the molecule is Cc1ccc(C[CH2][Sn][CH2]Cc2ccc(C)cc2)cc1. The monoisotopic (exact) mass is 358 g/mol. The Morgan fingerprint density at radius 3 is 1.37 bits per heavy atom. The molecule has 0 nitrogen and oxygen atoms in total. The summed E-state index contributed by atoms with van der Waals surface area (Å²) in [6.45, 7) is 4.31. The van der Waals surface area contributed by atoms with Gasteiger partial charge in [0, 0.05) is 0 Å². The Kier molecular flexibility index (Phi) is 5.96. The minimum atomic E-state index is -0.168. The molecular formula is C18H22Sn. The molecule has 19 heavy (non-hydrogen) atoms. The molecule has 1 heteroatoms. The molecule has 0 aromatic heterocycles. The van der Waals surface area contributed by atoms with Gasteiger partial charge in [0.1, 0.15) is 0 Å². The first kappa shape index (κ1) is 14.6. The molecule has 0 atom stereocenters. The summed E-state index contributed by atoms with van der Waals surface area (Å²) < 4.78 is 2.94. The molecule has 0 fully saturated rings. The van der Waals surface area contributed by atoms with Gasteiger partial charge in [0.05, 0.1) is 0 Å². The summed E-state index contributed by atoms with van der Waals surface area (Å²) in [5, 5.41) is 0. The molecule has 0 aliphatic rings. The zero-order valence-electron chi connectivity index (χ0n) is 11.9. The maximum atomic E-state index is 2.29. The Hall–Kier alpha value is -0.761. The van der Waals surface area contributed by atoms with Gasteiger partial charge in [-0.2, -0.15) is 0 Å². The van der Waals surface area contributed by atoms with Crippen molar-refractivity contribution in [3.05, 3.63) is 70.8 Å². The molecule has 0 spiro atoms. The fraction of sp³-hybridized carbons (Fsp3) is 0.333. The third kappa shape index (κ3) is 5.40. The third-order valence-electron chi connectivity index (χ3n) is 3.42. The van der Waals surface area contributed by atoms with Crippen LogP contribution in [0.1, 0.15) is 22.3 Å². The molecule has 0 saturated carbocycles. The summed E-state index contributed by atoms with van der Waals surface area (Å²) in [6, 6.07) is 18.1. The second-order valence-electron chi connectivity index (χ2n) is 5.22. The van der Waals surface area contributed by atoms with Crippen LogP contribution in [-0.4, -0.2) is 21.1 Å². The number of hydrogen-bond donors (Lipinski definition) is 0. The molecule has 2 rings (SSSR count). The molecule has 0 bridgehead atoms. The Bertz CT molecular complexity index is 435. The zero-order chi connectivity index (χ0) is 13.5. The Morgan fingerprint density at radius 1 is 0.632 bits per heavy atom. The standard InChI is InChI=1S/2C9H11.Sn/c2*1-3-9-6-4-8(2)5-7-9;/h2*4-7H,1,3H2,2H3;. The summed E-state index contributed by atoms with van der Waals surface area (Å²) in [5.41, 5.74) is 5.76. The summed E-state index contributed by atoms with van der Waals surface area (Å²) in [7, 11) is 0. The predicted molar refractivity (Wildman–Crippen MR) is 85.1 cm³/mol. The molecule has 0 aliphatic carbocycles. The average Bonchev–Trinajstić information content (AvgIpc) is 2.43. The van der Waals surface area contributed by atoms with Crippen molar-refractivity contribution in [2.24, 2.45) is 0 Å². The Morgan fingerprint density at radius 2 is 1.00 bits per heavy atom. The van der Waals surface area contributed by atoms with Crippen LogP contribution in [-0.2, 0) is 12.8 Å². The molecular weight excluding hydrogens is 335 g/mol. The van der Waals surface area contributed by atoms with Gasteiger partial charge in [-0.3, -0.25) is 0 Å². The van der Waals surface area contributed by atoms with Gasteiger partial charge in [0.15, 0.2) is 0 Å². The van der Waals surface area contributed by atoms with E-state index in [1.165, 1.54) is 44.0 Å². The summed E-state index contributed by atoms with van der Waals surface area (Å²) >= 11 is -0.168. The van der Waals surface area contributed by atoms with Crippen LogP contribution in [0.25, 0.3) is 0 Å². The number of benzene rings is 2. The quantitative estimate of drug-likeness (QED) is 0.523. The van der Waals surface area contributed by atoms with Gasteiger partial charge in [-0.05, 0) is 0 Å². The summed E-state index contributed by atoms with van der Waals surface area (Å²) in [5.74, 6) is 0. The van der Waals surface area contributed by atoms with Gasteiger partial charge in [-0.15, -0.1) is 0 Å². The van der Waals surface area contributed by atoms with Crippen molar-refractivity contribution in [3.8, 4) is 0 Å². The van der Waals surface area contributed by atoms with Crippen molar-refractivity contribution in [1.29, 1.82) is 0 Å². The van der Waals surface area contributed by atoms with Gasteiger partial charge >= 0.3 is 127 Å². The van der Waals surface area contributed by atoms with Crippen LogP contribution in [0.3, 0.4) is 0 Å². The molecule has 0 amide bonds. The van der Waals surface area contributed by atoms with Crippen LogP contribution in [0.5, 0.6) is 0 Å². The van der Waals surface area contributed by atoms with Crippen molar-refractivity contribution < 1.29 is 0 Å². The Balaban J connectivity index is 1.64. The van der Waals surface area contributed by atoms with Crippen LogP contribution in [0.4, 0.5) is 0 Å². The van der Waals surface area contributed by atoms with E-state index in [9.17, 15) is 0 Å². The normalized spacial score (nSPS) is 10.6. The Labute approximate surface area is 127 Å². The molecule has 2 aromatic carbocycles. The van der Waals surface area contributed by atoms with Crippen molar-refractivity contribution in [3.63, 3.8) is 0 Å². The number of aryl methyl sites for hydroxylation is 4. The number of hydrogen-bond acceptors (Lipinski definition) is 0. The van der Waals surface area contributed by atoms with E-state index in [0.29, 0.717) is 0 Å². The second kappa shape index (κ2) is 7.74. The molecule has 2 radical (unpaired) electrons. The topological polar surface area (TPSA) is 0 Å². The molecule has 98 valence electrons. The van der Waals surface area contributed by atoms with E-state index < -0.39 is 0 Å². The van der Waals surface area contributed by atoms with E-state index in [1.807, 2.05) is 0 Å². The van der Waals surface area contributed by atoms with Crippen molar-refractivity contribution in [1.82, 2.24) is 0 Å². The van der Waals surface area contributed by atoms with Gasteiger partial charge in [-0.1, -0.05) is 0 Å². The van der Waals surface area contributed by atoms with E-state index in [0.717, 1.165) is 0 Å². The fourth-order valence-electron chi connectivity index (χ4n) is 2.10. The van der Waals surface area contributed by atoms with Crippen LogP contribution >= 0.6 is 0 Å². The van der Waals surface area contributed by atoms with E-state index >= 15 is 0 Å². The van der Waals surface area contributed by atoms with Crippen LogP contribution in [0.15, 0.2) is 48.5 Å². The second-order valence-corrected chi connectivity index (χ2v) is 9.50. The minimum absolute atomic E-state index is 0.168. The third-order valence-corrected chi connectivity index (χ3v) is 6.87. The van der Waals surface area contributed by atoms with Crippen LogP contribution in [0.2, 0.25) is 8.87 Å². The first-order valence-electron chi connectivity index (χ1n) is 7.06. The van der Waals surface area contributed by atoms with Crippen LogP contribution in [0, 0.1) is 13.8 Å².